The third-order valence-electron chi connectivity index (χ3n) is 5.75. The number of aliphatic hydroxyl groups is 2. The van der Waals surface area contributed by atoms with E-state index in [9.17, 15) is 29.5 Å². The molecule has 1 unspecified atom stereocenters. The highest BCUT2D eigenvalue weighted by atomic mass is 31.2. The zero-order valence-corrected chi connectivity index (χ0v) is 24.5. The number of esters is 2. The molecule has 3 rings (SSSR count). The van der Waals surface area contributed by atoms with Gasteiger partial charge in [-0.2, -0.15) is 5.09 Å². The van der Waals surface area contributed by atoms with Crippen LogP contribution < -0.4 is 15.3 Å². The Hall–Kier alpha value is -3.46. The third kappa shape index (κ3) is 8.53. The SMILES string of the molecule is C=C(N)c1ncn([C@@H]2O[C@H](COP(=O)(N[C@@H](CC(=O)OC(C)C)C(=O)OC(C)C)Oc3ccccc3)[C@@H](O)[C@H]2O)c1O. The number of nitrogens with zero attached hydrogens (tertiary/aromatic N) is 2. The largest absolute Gasteiger partial charge is 0.493 e. The summed E-state index contributed by atoms with van der Waals surface area (Å²) in [5, 5.41) is 34.2. The molecule has 2 heterocycles. The van der Waals surface area contributed by atoms with Gasteiger partial charge in [-0.25, -0.2) is 9.55 Å². The lowest BCUT2D eigenvalue weighted by molar-refractivity contribution is -0.156. The van der Waals surface area contributed by atoms with Crippen LogP contribution in [-0.2, 0) is 32.9 Å². The molecule has 0 saturated carbocycles. The molecule has 0 aliphatic carbocycles. The van der Waals surface area contributed by atoms with Gasteiger partial charge in [0.2, 0.25) is 5.88 Å². The minimum absolute atomic E-state index is 0.0351. The maximum Gasteiger partial charge on any atom is 0.459 e. The van der Waals surface area contributed by atoms with E-state index in [4.69, 9.17) is 29.0 Å². The molecule has 15 nitrogen and oxygen atoms in total. The van der Waals surface area contributed by atoms with Crippen LogP contribution in [0.15, 0.2) is 43.2 Å². The van der Waals surface area contributed by atoms with Gasteiger partial charge in [-0.05, 0) is 39.8 Å². The standard InChI is InChI=1S/C26H37N4O11P/c1-14(2)38-20(31)11-18(26(35)39-15(3)4)29-42(36,41-17-9-7-6-8-10-17)37-12-19-22(32)23(33)25(40-19)30-13-28-21(16(5)27)24(30)34/h6-10,13-15,18-19,22-23,25,32-34H,5,11-12,27H2,1-4H3,(H,29,36)/t18-,19+,22+,23+,25+,42?/m0/s1. The smallest absolute Gasteiger partial charge is 0.459 e. The lowest BCUT2D eigenvalue weighted by atomic mass is 10.1. The van der Waals surface area contributed by atoms with E-state index in [1.165, 1.54) is 12.1 Å². The Morgan fingerprint density at radius 1 is 1.14 bits per heavy atom. The van der Waals surface area contributed by atoms with Crippen LogP contribution in [0.1, 0.15) is 46.0 Å². The fraction of sp³-hybridized carbons (Fsp3) is 0.500. The first-order chi connectivity index (χ1) is 19.7. The van der Waals surface area contributed by atoms with Gasteiger partial charge in [-0.3, -0.25) is 18.7 Å². The number of aromatic nitrogens is 2. The quantitative estimate of drug-likeness (QED) is 0.151. The molecule has 0 radical (unpaired) electrons. The van der Waals surface area contributed by atoms with Gasteiger partial charge in [-0.1, -0.05) is 24.8 Å². The predicted octanol–water partition coefficient (Wildman–Crippen LogP) is 1.59. The number of carbonyl (C=O) groups excluding carboxylic acids is 2. The molecule has 1 aromatic heterocycles. The second-order valence-corrected chi connectivity index (χ2v) is 11.7. The van der Waals surface area contributed by atoms with Crippen LogP contribution in [0.2, 0.25) is 0 Å². The van der Waals surface area contributed by atoms with Crippen LogP contribution in [0.5, 0.6) is 11.6 Å². The highest BCUT2D eigenvalue weighted by molar-refractivity contribution is 7.52. The summed E-state index contributed by atoms with van der Waals surface area (Å²) in [6, 6.07) is 6.37. The molecule has 0 spiro atoms. The van der Waals surface area contributed by atoms with Crippen molar-refractivity contribution >= 4 is 25.4 Å². The van der Waals surface area contributed by atoms with E-state index in [2.05, 4.69) is 16.7 Å². The fourth-order valence-corrected chi connectivity index (χ4v) is 5.41. The van der Waals surface area contributed by atoms with Crippen molar-refractivity contribution in [2.24, 2.45) is 5.73 Å². The number of nitrogens with one attached hydrogen (secondary N) is 1. The fourth-order valence-electron chi connectivity index (χ4n) is 3.91. The minimum atomic E-state index is -4.52. The molecule has 42 heavy (non-hydrogen) atoms. The Bertz CT molecular complexity index is 1290. The second kappa shape index (κ2) is 14.1. The number of hydrogen-bond donors (Lipinski definition) is 5. The molecule has 1 aliphatic rings. The van der Waals surface area contributed by atoms with Gasteiger partial charge >= 0.3 is 19.7 Å². The van der Waals surface area contributed by atoms with Gasteiger partial charge in [0.25, 0.3) is 0 Å². The molecule has 1 saturated heterocycles. The van der Waals surface area contributed by atoms with E-state index >= 15 is 0 Å². The van der Waals surface area contributed by atoms with Gasteiger partial charge in [0.15, 0.2) is 6.23 Å². The van der Waals surface area contributed by atoms with E-state index in [0.29, 0.717) is 0 Å². The lowest BCUT2D eigenvalue weighted by Crippen LogP contribution is -2.41. The number of aliphatic hydroxyl groups excluding tert-OH is 2. The van der Waals surface area contributed by atoms with Crippen LogP contribution in [0.3, 0.4) is 0 Å². The molecule has 16 heteroatoms. The van der Waals surface area contributed by atoms with Crippen molar-refractivity contribution in [2.75, 3.05) is 6.61 Å². The highest BCUT2D eigenvalue weighted by Gasteiger charge is 2.46. The summed E-state index contributed by atoms with van der Waals surface area (Å²) in [5.74, 6) is -2.04. The molecule has 232 valence electrons. The molecule has 1 aliphatic heterocycles. The third-order valence-corrected chi connectivity index (χ3v) is 7.32. The number of carbonyl (C=O) groups is 2. The van der Waals surface area contributed by atoms with Gasteiger partial charge in [-0.15, -0.1) is 0 Å². The molecule has 6 atom stereocenters. The van der Waals surface area contributed by atoms with Crippen LogP contribution in [0, 0.1) is 0 Å². The van der Waals surface area contributed by atoms with Crippen LogP contribution in [0.4, 0.5) is 0 Å². The van der Waals surface area contributed by atoms with E-state index in [1.807, 2.05) is 0 Å². The Labute approximate surface area is 242 Å². The number of benzene rings is 1. The van der Waals surface area contributed by atoms with Crippen molar-refractivity contribution in [1.82, 2.24) is 14.6 Å². The monoisotopic (exact) mass is 612 g/mol. The van der Waals surface area contributed by atoms with Gasteiger partial charge < -0.3 is 39.8 Å². The maximum absolute atomic E-state index is 14.0. The second-order valence-electron chi connectivity index (χ2n) is 10.0. The van der Waals surface area contributed by atoms with Gasteiger partial charge in [0, 0.05) is 0 Å². The summed E-state index contributed by atoms with van der Waals surface area (Å²) in [6.07, 6.45) is -6.22. The summed E-state index contributed by atoms with van der Waals surface area (Å²) in [6.45, 7) is 9.34. The zero-order chi connectivity index (χ0) is 31.2. The van der Waals surface area contributed by atoms with E-state index < -0.39 is 81.4 Å². The van der Waals surface area contributed by atoms with Gasteiger partial charge in [0.05, 0.1) is 30.9 Å². The van der Waals surface area contributed by atoms with E-state index in [0.717, 1.165) is 10.9 Å². The molecular weight excluding hydrogens is 575 g/mol. The average Bonchev–Trinajstić information content (AvgIpc) is 3.41. The minimum Gasteiger partial charge on any atom is -0.493 e. The number of aromatic hydroxyl groups is 1. The summed E-state index contributed by atoms with van der Waals surface area (Å²) in [4.78, 5) is 29.2. The van der Waals surface area contributed by atoms with Gasteiger partial charge in [0.1, 0.15) is 42.1 Å². The Morgan fingerprint density at radius 3 is 2.36 bits per heavy atom. The summed E-state index contributed by atoms with van der Waals surface area (Å²) in [7, 11) is -4.52. The number of rotatable bonds is 14. The number of nitrogens with two attached hydrogens (primary N) is 1. The molecule has 2 aromatic rings. The normalized spacial score (nSPS) is 22.5. The maximum atomic E-state index is 14.0. The van der Waals surface area contributed by atoms with Crippen molar-refractivity contribution in [3.8, 4) is 11.6 Å². The molecule has 1 aromatic carbocycles. The first kappa shape index (κ1) is 33.0. The van der Waals surface area contributed by atoms with Crippen molar-refractivity contribution in [3.05, 3.63) is 48.9 Å². The van der Waals surface area contributed by atoms with Crippen molar-refractivity contribution in [2.45, 2.75) is 76.9 Å². The molecule has 1 fully saturated rings. The Morgan fingerprint density at radius 2 is 1.79 bits per heavy atom. The number of ether oxygens (including phenoxy) is 3. The predicted molar refractivity (Wildman–Crippen MR) is 148 cm³/mol. The topological polar surface area (TPSA) is 214 Å². The Kier molecular flexibility index (Phi) is 11.1. The summed E-state index contributed by atoms with van der Waals surface area (Å²) < 4.78 is 42.3. The lowest BCUT2D eigenvalue weighted by Gasteiger charge is -2.26. The number of para-hydroxylation sites is 1. The molecule has 0 bridgehead atoms. The summed E-state index contributed by atoms with van der Waals surface area (Å²) >= 11 is 0. The highest BCUT2D eigenvalue weighted by Crippen LogP contribution is 2.46. The van der Waals surface area contributed by atoms with E-state index in [1.54, 1.807) is 45.9 Å². The van der Waals surface area contributed by atoms with Crippen molar-refractivity contribution in [3.63, 3.8) is 0 Å². The van der Waals surface area contributed by atoms with Crippen LogP contribution >= 0.6 is 7.75 Å². The van der Waals surface area contributed by atoms with Crippen molar-refractivity contribution < 1.29 is 52.7 Å². The molecular formula is C26H37N4O11P. The molecule has 6 N–H and O–H groups in total. The van der Waals surface area contributed by atoms with Crippen LogP contribution in [-0.4, -0.2) is 80.0 Å². The first-order valence-corrected chi connectivity index (χ1v) is 14.6. The zero-order valence-electron chi connectivity index (χ0n) is 23.7. The summed E-state index contributed by atoms with van der Waals surface area (Å²) in [5.41, 5.74) is 5.52. The average molecular weight is 613 g/mol. The van der Waals surface area contributed by atoms with E-state index in [-0.39, 0.29) is 17.1 Å². The number of hydrogen-bond acceptors (Lipinski definition) is 13. The van der Waals surface area contributed by atoms with Crippen LogP contribution in [0.25, 0.3) is 5.70 Å². The Balaban J connectivity index is 1.84. The first-order valence-electron chi connectivity index (χ1n) is 13.1. The molecule has 0 amide bonds. The number of imidazole rings is 1. The van der Waals surface area contributed by atoms with Crippen molar-refractivity contribution in [1.29, 1.82) is 0 Å².